The van der Waals surface area contributed by atoms with Gasteiger partial charge in [0, 0.05) is 0 Å². The van der Waals surface area contributed by atoms with Crippen LogP contribution in [0.25, 0.3) is 22.3 Å². The van der Waals surface area contributed by atoms with E-state index in [0.717, 1.165) is 0 Å². The van der Waals surface area contributed by atoms with Gasteiger partial charge in [0.25, 0.3) is 0 Å². The van der Waals surface area contributed by atoms with Gasteiger partial charge < -0.3 is 31.2 Å². The fourth-order valence-corrected chi connectivity index (χ4v) is 7.68. The molecule has 20 nitrogen and oxygen atoms in total. The van der Waals surface area contributed by atoms with E-state index >= 15 is 0 Å². The van der Waals surface area contributed by atoms with E-state index in [1.54, 1.807) is 0 Å². The number of aliphatic hydroxyl groups is 2. The topological polar surface area (TPSA) is 269 Å². The second-order valence-corrected chi connectivity index (χ2v) is 15.7. The number of imidazole rings is 2. The third kappa shape index (κ3) is 7.80. The molecule has 5 rings (SSSR count). The van der Waals surface area contributed by atoms with Gasteiger partial charge in [-0.2, -0.15) is 0 Å². The molecule has 0 saturated carbocycles. The molecule has 1 aliphatic rings. The molecule has 8 atom stereocenters. The Morgan fingerprint density at radius 2 is 1.20 bits per heavy atom. The number of nitrogens with two attached hydrogens (primary N) is 2. The van der Waals surface area contributed by atoms with Crippen LogP contribution in [0.5, 0.6) is 0 Å². The van der Waals surface area contributed by atoms with Crippen molar-refractivity contribution in [1.29, 1.82) is 0 Å². The van der Waals surface area contributed by atoms with Gasteiger partial charge in [0.2, 0.25) is 0 Å². The molecule has 0 aliphatic carbocycles. The first-order valence-electron chi connectivity index (χ1n) is 13.5. The molecule has 0 aromatic carbocycles. The van der Waals surface area contributed by atoms with Gasteiger partial charge in [0.05, 0.1) is 51.3 Å². The number of anilines is 2. The van der Waals surface area contributed by atoms with E-state index in [1.807, 2.05) is 0 Å². The first-order chi connectivity index (χ1) is 21.8. The summed E-state index contributed by atoms with van der Waals surface area (Å²) in [4.78, 5) is 24.4. The van der Waals surface area contributed by atoms with E-state index in [9.17, 15) is 19.3 Å². The van der Waals surface area contributed by atoms with Crippen LogP contribution in [0.1, 0.15) is 26.3 Å². The molecule has 6 N–H and O–H groups in total. The molecule has 5 heterocycles. The van der Waals surface area contributed by atoms with Crippen LogP contribution in [0.3, 0.4) is 0 Å². The molecular formula is C22H32N10O10P2S2. The first kappa shape index (κ1) is 34.9. The lowest BCUT2D eigenvalue weighted by Gasteiger charge is -2.34. The number of rotatable bonds is 8. The van der Waals surface area contributed by atoms with Crippen molar-refractivity contribution in [2.45, 2.75) is 50.7 Å². The summed E-state index contributed by atoms with van der Waals surface area (Å²) < 4.78 is 64.0. The molecular weight excluding hydrogens is 690 g/mol. The Bertz CT molecular complexity index is 1640. The summed E-state index contributed by atoms with van der Waals surface area (Å²) in [5.74, 6) is 0.234. The van der Waals surface area contributed by atoms with E-state index in [4.69, 9.17) is 39.0 Å². The number of thiol groups is 2. The fraction of sp³-hybridized carbons (Fsp3) is 0.545. The monoisotopic (exact) mass is 722 g/mol. The van der Waals surface area contributed by atoms with Crippen molar-refractivity contribution < 1.29 is 46.9 Å². The van der Waals surface area contributed by atoms with Gasteiger partial charge in [-0.15, -0.1) is 0 Å². The van der Waals surface area contributed by atoms with Gasteiger partial charge in [-0.1, -0.05) is 24.5 Å². The summed E-state index contributed by atoms with van der Waals surface area (Å²) in [6, 6.07) is 0. The highest BCUT2D eigenvalue weighted by molar-refractivity contribution is 8.44. The molecule has 4 aromatic heterocycles. The Hall–Kier alpha value is -2.46. The number of nitrogen functional groups attached to an aromatic ring is 2. The van der Waals surface area contributed by atoms with E-state index in [0.29, 0.717) is 0 Å². The molecule has 0 spiro atoms. The van der Waals surface area contributed by atoms with Crippen molar-refractivity contribution in [3.05, 3.63) is 25.3 Å². The lowest BCUT2D eigenvalue weighted by molar-refractivity contribution is -0.138. The molecule has 0 bridgehead atoms. The average Bonchev–Trinajstić information content (AvgIpc) is 3.63. The normalized spacial score (nSPS) is 29.7. The zero-order chi connectivity index (χ0) is 33.2. The van der Waals surface area contributed by atoms with Gasteiger partial charge in [-0.3, -0.25) is 27.2 Å². The van der Waals surface area contributed by atoms with Gasteiger partial charge in [-0.05, 0) is 13.8 Å². The predicted octanol–water partition coefficient (Wildman–Crippen LogP) is 1.52. The quantitative estimate of drug-likeness (QED) is 0.111. The lowest BCUT2D eigenvalue weighted by atomic mass is 10.2. The number of hydrogen-bond donors (Lipinski definition) is 6. The first-order valence-corrected chi connectivity index (χ1v) is 18.9. The third-order valence-corrected chi connectivity index (χ3v) is 10.2. The van der Waals surface area contributed by atoms with Crippen LogP contribution >= 0.6 is 38.1 Å². The van der Waals surface area contributed by atoms with Crippen LogP contribution in [0.15, 0.2) is 25.3 Å². The maximum absolute atomic E-state index is 13.4. The maximum atomic E-state index is 13.4. The van der Waals surface area contributed by atoms with Crippen molar-refractivity contribution in [2.24, 2.45) is 0 Å². The minimum Gasteiger partial charge on any atom is -0.392 e. The number of fused-ring (bicyclic) bond motifs is 2. The summed E-state index contributed by atoms with van der Waals surface area (Å²) in [6.45, 7) is -7.43. The van der Waals surface area contributed by atoms with E-state index in [1.165, 1.54) is 48.3 Å². The molecule has 0 radical (unpaired) electrons. The zero-order valence-corrected chi connectivity index (χ0v) is 27.9. The van der Waals surface area contributed by atoms with E-state index in [-0.39, 0.29) is 34.0 Å². The molecule has 1 fully saturated rings. The molecule has 24 heteroatoms. The largest absolute Gasteiger partial charge is 0.392 e. The second-order valence-electron chi connectivity index (χ2n) is 9.94. The van der Waals surface area contributed by atoms with Crippen LogP contribution in [-0.4, -0.2) is 100 Å². The van der Waals surface area contributed by atoms with Crippen LogP contribution in [0.2, 0.25) is 0 Å². The summed E-state index contributed by atoms with van der Waals surface area (Å²) in [7, 11) is 0. The average molecular weight is 723 g/mol. The van der Waals surface area contributed by atoms with Gasteiger partial charge in [0.1, 0.15) is 35.9 Å². The van der Waals surface area contributed by atoms with E-state index < -0.39 is 76.9 Å². The minimum absolute atomic E-state index is 0.117. The number of hydrogen-bond acceptors (Lipinski definition) is 18. The molecule has 3 unspecified atom stereocenters. The van der Waals surface area contributed by atoms with E-state index in [2.05, 4.69) is 54.4 Å². The highest BCUT2D eigenvalue weighted by Crippen LogP contribution is 2.57. The highest BCUT2D eigenvalue weighted by Gasteiger charge is 2.38. The number of ether oxygens (including phenoxy) is 2. The third-order valence-electron chi connectivity index (χ3n) is 6.82. The Balaban J connectivity index is 1.36. The Kier molecular flexibility index (Phi) is 10.9. The fourth-order valence-electron chi connectivity index (χ4n) is 4.48. The van der Waals surface area contributed by atoms with Gasteiger partial charge in [0.15, 0.2) is 35.4 Å². The number of nitrogens with zero attached hydrogens (tertiary/aromatic N) is 8. The SMILES string of the molecule is C[C@H]1O[P@@](=O)(S)OC[C@@H](OC(CO)n2cnc3c(N)ncnc32)[C@@H](C)O[P@@](=O)(S)OCC1OC(CO)n1cnc2c(N)ncnc21. The Labute approximate surface area is 271 Å². The number of aliphatic hydroxyl groups excluding tert-OH is 2. The second kappa shape index (κ2) is 14.3. The van der Waals surface area contributed by atoms with Crippen LogP contribution in [0.4, 0.5) is 11.6 Å². The lowest BCUT2D eigenvalue weighted by Crippen LogP contribution is -2.38. The maximum Gasteiger partial charge on any atom is 0.386 e. The summed E-state index contributed by atoms with van der Waals surface area (Å²) in [5.41, 5.74) is 12.8. The predicted molar refractivity (Wildman–Crippen MR) is 168 cm³/mol. The molecule has 46 heavy (non-hydrogen) atoms. The standard InChI is InChI=1S/C22H32N10O10P2S2/c1-11-13(39-15(3-33)31-9-29-17-19(23)25-7-27-21(17)31)5-37-44(36,46)42-12(2)14(6-38-43(35,45)41-11)40-16(4-34)32-10-30-18-20(24)26-8-28-22(18)32/h7-16,33-34H,3-6H2,1-2H3,(H,35,45)(H,36,46)(H2,23,25,27)(H2,24,26,28)/t11-,12-,13-,14?,15?,16?,43+,44+/m1/s1. The molecule has 1 aliphatic heterocycles. The molecule has 0 amide bonds. The van der Waals surface area contributed by atoms with Crippen molar-refractivity contribution >= 4 is 72.1 Å². The van der Waals surface area contributed by atoms with Crippen LogP contribution in [0, 0.1) is 0 Å². The van der Waals surface area contributed by atoms with Crippen molar-refractivity contribution in [2.75, 3.05) is 37.9 Å². The van der Waals surface area contributed by atoms with Crippen LogP contribution < -0.4 is 11.5 Å². The molecule has 1 saturated heterocycles. The Morgan fingerprint density at radius 1 is 0.804 bits per heavy atom. The summed E-state index contributed by atoms with van der Waals surface area (Å²) >= 11 is 8.22. The minimum atomic E-state index is -4.15. The smallest absolute Gasteiger partial charge is 0.386 e. The molecule has 4 aromatic rings. The highest BCUT2D eigenvalue weighted by atomic mass is 32.7. The van der Waals surface area contributed by atoms with Crippen LogP contribution in [-0.2, 0) is 36.7 Å². The van der Waals surface area contributed by atoms with Crippen molar-refractivity contribution in [1.82, 2.24) is 39.0 Å². The van der Waals surface area contributed by atoms with Gasteiger partial charge in [-0.25, -0.2) is 39.0 Å². The Morgan fingerprint density at radius 3 is 1.57 bits per heavy atom. The number of aromatic nitrogens is 8. The van der Waals surface area contributed by atoms with Crippen molar-refractivity contribution in [3.63, 3.8) is 0 Å². The zero-order valence-electron chi connectivity index (χ0n) is 24.3. The summed E-state index contributed by atoms with van der Waals surface area (Å²) in [6.07, 6.45) is -1.60. The molecule has 252 valence electrons. The van der Waals surface area contributed by atoms with Gasteiger partial charge >= 0.3 is 13.6 Å². The van der Waals surface area contributed by atoms with Crippen molar-refractivity contribution in [3.8, 4) is 0 Å². The summed E-state index contributed by atoms with van der Waals surface area (Å²) in [5, 5.41) is 20.4.